The topological polar surface area (TPSA) is 41.0 Å². The van der Waals surface area contributed by atoms with Crippen LogP contribution in [-0.2, 0) is 0 Å². The van der Waals surface area contributed by atoms with Crippen LogP contribution in [0.1, 0.15) is 40.9 Å². The Kier molecular flexibility index (Phi) is 5.77. The van der Waals surface area contributed by atoms with Gasteiger partial charge in [0.2, 0.25) is 0 Å². The third-order valence-electron chi connectivity index (χ3n) is 2.25. The molecule has 0 saturated heterocycles. The van der Waals surface area contributed by atoms with Crippen LogP contribution in [0.3, 0.4) is 0 Å². The molecule has 0 aromatic carbocycles. The van der Waals surface area contributed by atoms with E-state index in [1.54, 1.807) is 11.6 Å². The molecule has 1 N–H and O–H groups in total. The zero-order valence-electron chi connectivity index (χ0n) is 10.6. The molecule has 17 heavy (non-hydrogen) atoms. The molecule has 94 valence electrons. The zero-order valence-corrected chi connectivity index (χ0v) is 11.5. The first-order valence-corrected chi connectivity index (χ1v) is 6.46. The number of aromatic amines is 1. The monoisotopic (exact) mass is 251 g/mol. The molecule has 0 atom stereocenters. The Balaban J connectivity index is 0.000000917. The van der Waals surface area contributed by atoms with Crippen LogP contribution in [0.25, 0.3) is 17.8 Å². The van der Waals surface area contributed by atoms with Crippen LogP contribution in [0, 0.1) is 0 Å². The molecule has 1 heterocycles. The highest BCUT2D eigenvalue weighted by Gasteiger charge is 2.04. The van der Waals surface area contributed by atoms with Gasteiger partial charge in [-0.25, -0.2) is 4.98 Å². The molecule has 0 fully saturated rings. The lowest BCUT2D eigenvalue weighted by atomic mass is 10.2. The van der Waals surface area contributed by atoms with Gasteiger partial charge in [-0.1, -0.05) is 26.0 Å². The minimum Gasteiger partial charge on any atom is -0.337 e. The van der Waals surface area contributed by atoms with Crippen molar-refractivity contribution >= 4 is 36.7 Å². The summed E-state index contributed by atoms with van der Waals surface area (Å²) in [6.45, 7) is 5.87. The Morgan fingerprint density at radius 3 is 2.76 bits per heavy atom. The van der Waals surface area contributed by atoms with Crippen LogP contribution in [0.2, 0.25) is 0 Å². The molecule has 4 heteroatoms. The molecule has 0 amide bonds. The number of imidazole rings is 1. The lowest BCUT2D eigenvalue weighted by Gasteiger charge is -1.92. The van der Waals surface area contributed by atoms with E-state index in [1.807, 2.05) is 20.8 Å². The first-order valence-electron chi connectivity index (χ1n) is 5.95. The highest BCUT2D eigenvalue weighted by atomic mass is 32.1. The molecule has 1 aliphatic carbocycles. The number of hydrogen-bond acceptors (Lipinski definition) is 3. The summed E-state index contributed by atoms with van der Waals surface area (Å²) in [4.78, 5) is 11.9. The van der Waals surface area contributed by atoms with Gasteiger partial charge in [-0.05, 0) is 25.2 Å². The molecular formula is C13H21N3S. The summed E-state index contributed by atoms with van der Waals surface area (Å²) >= 11 is 4.12. The molecule has 0 radical (unpaired) electrons. The van der Waals surface area contributed by atoms with E-state index < -0.39 is 0 Å². The average Bonchev–Trinajstić information content (AvgIpc) is 2.81. The summed E-state index contributed by atoms with van der Waals surface area (Å²) in [6.07, 6.45) is 8.18. The van der Waals surface area contributed by atoms with Gasteiger partial charge in [-0.15, -0.1) is 12.6 Å². The fourth-order valence-electron chi connectivity index (χ4n) is 1.58. The second-order valence-corrected chi connectivity index (χ2v) is 3.53. The van der Waals surface area contributed by atoms with E-state index in [4.69, 9.17) is 0 Å². The molecule has 0 saturated carbocycles. The van der Waals surface area contributed by atoms with E-state index in [0.717, 1.165) is 35.1 Å². The van der Waals surface area contributed by atoms with Gasteiger partial charge in [-0.2, -0.15) is 0 Å². The van der Waals surface area contributed by atoms with Crippen LogP contribution in [0.15, 0.2) is 10.4 Å². The highest BCUT2D eigenvalue weighted by Crippen LogP contribution is 2.09. The number of hydrogen-bond donors (Lipinski definition) is 2. The largest absolute Gasteiger partial charge is 0.337 e. The van der Waals surface area contributed by atoms with E-state index in [2.05, 4.69) is 39.7 Å². The zero-order chi connectivity index (χ0) is 12.7. The van der Waals surface area contributed by atoms with Crippen molar-refractivity contribution in [3.05, 3.63) is 21.9 Å². The molecule has 3 nitrogen and oxygen atoms in total. The minimum absolute atomic E-state index is 0. The second-order valence-electron chi connectivity index (χ2n) is 3.27. The van der Waals surface area contributed by atoms with Gasteiger partial charge in [0, 0.05) is 7.64 Å². The quantitative estimate of drug-likeness (QED) is 0.615. The Labute approximate surface area is 109 Å². The lowest BCUT2D eigenvalue weighted by Crippen LogP contribution is -2.26. The van der Waals surface area contributed by atoms with Gasteiger partial charge in [0.05, 0.1) is 10.7 Å². The van der Waals surface area contributed by atoms with Crippen LogP contribution in [0.4, 0.5) is 0 Å². The summed E-state index contributed by atoms with van der Waals surface area (Å²) in [6, 6.07) is 0. The number of aliphatic imine (C=N–C) groups is 1. The maximum absolute atomic E-state index is 4.47. The molecule has 1 aliphatic rings. The number of nitrogens with one attached hydrogen (secondary N) is 1. The summed E-state index contributed by atoms with van der Waals surface area (Å²) < 4.78 is 0. The van der Waals surface area contributed by atoms with Gasteiger partial charge in [0.25, 0.3) is 0 Å². The first kappa shape index (κ1) is 13.8. The second kappa shape index (κ2) is 7.12. The third kappa shape index (κ3) is 3.33. The fraction of sp³-hybridized carbons (Fsp3) is 0.385. The van der Waals surface area contributed by atoms with Crippen molar-refractivity contribution in [1.29, 1.82) is 0 Å². The third-order valence-corrected chi connectivity index (χ3v) is 2.49. The van der Waals surface area contributed by atoms with E-state index in [1.165, 1.54) is 0 Å². The molecular weight excluding hydrogens is 230 g/mol. The van der Waals surface area contributed by atoms with Crippen molar-refractivity contribution < 1.29 is 1.43 Å². The molecule has 2 rings (SSSR count). The summed E-state index contributed by atoms with van der Waals surface area (Å²) in [7, 11) is 0. The fourth-order valence-corrected chi connectivity index (χ4v) is 1.76. The van der Waals surface area contributed by atoms with Crippen LogP contribution in [0.5, 0.6) is 0 Å². The smallest absolute Gasteiger partial charge is 0.157 e. The van der Waals surface area contributed by atoms with Gasteiger partial charge in [0.15, 0.2) is 5.82 Å². The molecule has 0 aliphatic heterocycles. The van der Waals surface area contributed by atoms with Gasteiger partial charge >= 0.3 is 0 Å². The van der Waals surface area contributed by atoms with E-state index in [-0.39, 0.29) is 1.43 Å². The highest BCUT2D eigenvalue weighted by molar-refractivity contribution is 7.83. The molecule has 0 spiro atoms. The summed E-state index contributed by atoms with van der Waals surface area (Å²) in [5, 5.41) is 3.77. The maximum Gasteiger partial charge on any atom is 0.157 e. The summed E-state index contributed by atoms with van der Waals surface area (Å²) in [5.41, 5.74) is 0.761. The predicted molar refractivity (Wildman–Crippen MR) is 80.6 cm³/mol. The maximum atomic E-state index is 4.47. The van der Waals surface area contributed by atoms with Crippen molar-refractivity contribution in [1.82, 2.24) is 9.97 Å². The van der Waals surface area contributed by atoms with E-state index in [0.29, 0.717) is 0 Å². The van der Waals surface area contributed by atoms with E-state index in [9.17, 15) is 0 Å². The average molecular weight is 251 g/mol. The number of rotatable bonds is 2. The van der Waals surface area contributed by atoms with Crippen molar-refractivity contribution in [2.45, 2.75) is 33.6 Å². The molecule has 1 aromatic heterocycles. The number of nitrogens with zero attached hydrogens (tertiary/aromatic N) is 2. The van der Waals surface area contributed by atoms with E-state index >= 15 is 0 Å². The normalized spacial score (nSPS) is 14.5. The minimum atomic E-state index is 0. The number of H-pyrrole nitrogens is 1. The predicted octanol–water partition coefficient (Wildman–Crippen LogP) is 2.36. The standard InChI is InChI=1S/C11H13N3S.C2H6.H2/c1-2-12-10(7-15)11-13-8-5-3-4-6-9(8)14-11;1-2;/h2,5-7,15H,3-4H2,1H3,(H,13,14);1-2H3;1H/b10-7-,12-2?;;. The first-order chi connectivity index (χ1) is 8.35. The van der Waals surface area contributed by atoms with Crippen LogP contribution < -0.4 is 10.7 Å². The van der Waals surface area contributed by atoms with Crippen molar-refractivity contribution in [2.75, 3.05) is 0 Å². The number of thiol groups is 1. The lowest BCUT2D eigenvalue weighted by molar-refractivity contribution is 1.09. The van der Waals surface area contributed by atoms with Crippen molar-refractivity contribution in [2.24, 2.45) is 4.99 Å². The number of fused-ring (bicyclic) bond motifs is 1. The molecule has 0 bridgehead atoms. The van der Waals surface area contributed by atoms with Gasteiger partial charge in [-0.3, -0.25) is 4.99 Å². The summed E-state index contributed by atoms with van der Waals surface area (Å²) in [5.74, 6) is 0.780. The van der Waals surface area contributed by atoms with Crippen LogP contribution in [-0.4, -0.2) is 16.2 Å². The van der Waals surface area contributed by atoms with Gasteiger partial charge in [0.1, 0.15) is 5.70 Å². The van der Waals surface area contributed by atoms with Gasteiger partial charge < -0.3 is 4.98 Å². The Morgan fingerprint density at radius 1 is 1.47 bits per heavy atom. The van der Waals surface area contributed by atoms with Crippen molar-refractivity contribution in [3.63, 3.8) is 0 Å². The van der Waals surface area contributed by atoms with Crippen molar-refractivity contribution in [3.8, 4) is 0 Å². The Morgan fingerprint density at radius 2 is 2.18 bits per heavy atom. The Bertz CT molecular complexity index is 495. The molecule has 0 unspecified atom stereocenters. The number of aromatic nitrogens is 2. The Hall–Kier alpha value is -1.29. The SMILES string of the molecule is CC.CC=N/C(=C\S)c1nc2c([nH]1)=CCCC=2.[HH]. The molecule has 1 aromatic rings. The van der Waals surface area contributed by atoms with Crippen LogP contribution >= 0.6 is 12.6 Å².